The second-order valence-corrected chi connectivity index (χ2v) is 19.7. The van der Waals surface area contributed by atoms with E-state index in [9.17, 15) is 56.1 Å². The Balaban J connectivity index is 0.820. The Labute approximate surface area is 448 Å². The van der Waals surface area contributed by atoms with Crippen molar-refractivity contribution in [3.05, 3.63) is 135 Å². The molecule has 408 valence electrons. The molecule has 2 aromatic heterocycles. The Morgan fingerprint density at radius 1 is 0.962 bits per heavy atom. The second-order valence-electron chi connectivity index (χ2n) is 18.9. The normalized spacial score (nSPS) is 21.9. The molecule has 1 unspecified atom stereocenters. The number of halogens is 7. The van der Waals surface area contributed by atoms with Crippen LogP contribution in [-0.4, -0.2) is 136 Å². The van der Waals surface area contributed by atoms with Gasteiger partial charge in [0.25, 0.3) is 11.8 Å². The van der Waals surface area contributed by atoms with Crippen molar-refractivity contribution >= 4 is 58.4 Å². The number of imide groups is 1. The largest absolute Gasteiger partial charge is 0.490 e. The van der Waals surface area contributed by atoms with Gasteiger partial charge >= 0.3 is 6.18 Å². The van der Waals surface area contributed by atoms with Gasteiger partial charge in [0.1, 0.15) is 83.1 Å². The van der Waals surface area contributed by atoms with E-state index >= 15 is 0 Å². The fourth-order valence-corrected chi connectivity index (χ4v) is 10.3. The van der Waals surface area contributed by atoms with Gasteiger partial charge in [0.2, 0.25) is 17.7 Å². The molecule has 0 saturated carbocycles. The molecular formula is C51H45Cl2F5N10O10. The minimum absolute atomic E-state index is 0.0313. The van der Waals surface area contributed by atoms with Crippen LogP contribution >= 0.6 is 23.2 Å². The van der Waals surface area contributed by atoms with E-state index in [-0.39, 0.29) is 78.3 Å². The van der Waals surface area contributed by atoms with Gasteiger partial charge in [0.05, 0.1) is 24.1 Å². The Morgan fingerprint density at radius 3 is 2.38 bits per heavy atom. The van der Waals surface area contributed by atoms with Gasteiger partial charge in [0, 0.05) is 66.3 Å². The number of aromatic nitrogens is 6. The molecule has 6 aromatic rings. The van der Waals surface area contributed by atoms with Crippen LogP contribution in [0.2, 0.25) is 10.0 Å². The topological polar surface area (TPSA) is 245 Å². The lowest BCUT2D eigenvalue weighted by Crippen LogP contribution is -2.54. The van der Waals surface area contributed by atoms with Crippen LogP contribution in [0.4, 0.5) is 27.6 Å². The third-order valence-electron chi connectivity index (χ3n) is 13.8. The zero-order valence-electron chi connectivity index (χ0n) is 40.8. The smallest absolute Gasteiger partial charge is 0.418 e. The average Bonchev–Trinajstić information content (AvgIpc) is 4.30. The summed E-state index contributed by atoms with van der Waals surface area (Å²) in [5.74, 6) is -4.33. The number of anilines is 1. The number of rotatable bonds is 13. The molecular weight excluding hydrogens is 1080 g/mol. The van der Waals surface area contributed by atoms with E-state index in [0.717, 1.165) is 39.7 Å². The number of piperidine rings is 2. The van der Waals surface area contributed by atoms with E-state index in [1.54, 1.807) is 42.5 Å². The van der Waals surface area contributed by atoms with Gasteiger partial charge in [-0.3, -0.25) is 29.3 Å². The summed E-state index contributed by atoms with van der Waals surface area (Å²) < 4.78 is 93.4. The quantitative estimate of drug-likeness (QED) is 0.0594. The Morgan fingerprint density at radius 2 is 1.69 bits per heavy atom. The highest BCUT2D eigenvalue weighted by molar-refractivity contribution is 6.31. The lowest BCUT2D eigenvalue weighted by Gasteiger charge is -2.43. The number of aliphatic hydroxyl groups is 2. The average molecular weight is 1120 g/mol. The van der Waals surface area contributed by atoms with Crippen molar-refractivity contribution in [3.63, 3.8) is 0 Å². The number of alkyl halides is 3. The van der Waals surface area contributed by atoms with Crippen LogP contribution in [0.5, 0.6) is 5.75 Å². The highest BCUT2D eigenvalue weighted by Crippen LogP contribution is 2.43. The summed E-state index contributed by atoms with van der Waals surface area (Å²) in [5, 5.41) is 38.9. The first-order valence-electron chi connectivity index (χ1n) is 24.3. The van der Waals surface area contributed by atoms with Crippen molar-refractivity contribution in [3.8, 4) is 22.7 Å². The lowest BCUT2D eigenvalue weighted by molar-refractivity contribution is -0.224. The van der Waals surface area contributed by atoms with E-state index in [4.69, 9.17) is 37.4 Å². The van der Waals surface area contributed by atoms with Crippen LogP contribution in [-0.2, 0) is 36.6 Å². The fourth-order valence-electron chi connectivity index (χ4n) is 9.98. The molecule has 3 fully saturated rings. The van der Waals surface area contributed by atoms with Crippen LogP contribution in [0.3, 0.4) is 0 Å². The molecule has 4 aromatic carbocycles. The molecule has 0 bridgehead atoms. The van der Waals surface area contributed by atoms with Gasteiger partial charge in [-0.25, -0.2) is 23.1 Å². The number of amides is 5. The summed E-state index contributed by atoms with van der Waals surface area (Å²) in [5.41, 5.74) is -0.165. The van der Waals surface area contributed by atoms with Gasteiger partial charge in [0.15, 0.2) is 5.82 Å². The standard InChI is InChI=1S/C51H45Cl2F5N10O10/c1-24-59-47(68(63-24)38-19-28(52)4-9-33(38)51(56,57)58)46-45(43(44(72)39(22-69)78-46)67-21-36(62-64-67)26-17-34(54)42(53)35(55)18-26)76-23-41(71)65-14-12-31(13-15-65)77-30-6-2-25(3-7-30)48(73)60-29-5-8-32-27(16-29)20-66(50(32)75)37-10-11-40(70)61-49(37)74/h2-9,16-19,21,31,37,39,43-46,69,72H,10-15,20,22-23H2,1H3,(H,60,73)(H,61,70,74)/t37?,39-,43+,44+,45-,46-/m1/s1. The van der Waals surface area contributed by atoms with Crippen molar-refractivity contribution < 1.29 is 70.3 Å². The molecule has 0 radical (unpaired) electrons. The summed E-state index contributed by atoms with van der Waals surface area (Å²) in [7, 11) is 0. The number of aliphatic hydroxyl groups excluding tert-OH is 2. The Hall–Kier alpha value is -7.42. The third kappa shape index (κ3) is 10.9. The van der Waals surface area contributed by atoms with Gasteiger partial charge in [-0.2, -0.15) is 18.3 Å². The highest BCUT2D eigenvalue weighted by Gasteiger charge is 2.51. The number of aryl methyl sites for hydroxylation is 1. The van der Waals surface area contributed by atoms with Crippen LogP contribution in [0, 0.1) is 18.6 Å². The van der Waals surface area contributed by atoms with E-state index in [0.29, 0.717) is 41.0 Å². The highest BCUT2D eigenvalue weighted by atomic mass is 35.5. The molecule has 0 aliphatic carbocycles. The predicted octanol–water partition coefficient (Wildman–Crippen LogP) is 5.94. The molecule has 4 aliphatic heterocycles. The third-order valence-corrected chi connectivity index (χ3v) is 14.4. The number of likely N-dealkylation sites (tertiary alicyclic amines) is 1. The number of benzene rings is 4. The fraction of sp³-hybridized carbons (Fsp3) is 0.353. The number of ether oxygens (including phenoxy) is 3. The molecule has 4 N–H and O–H groups in total. The predicted molar refractivity (Wildman–Crippen MR) is 263 cm³/mol. The molecule has 5 amide bonds. The molecule has 3 saturated heterocycles. The van der Waals surface area contributed by atoms with E-state index in [1.807, 2.05) is 0 Å². The first kappa shape index (κ1) is 54.0. The number of nitrogens with one attached hydrogen (secondary N) is 2. The van der Waals surface area contributed by atoms with Crippen LogP contribution in [0.1, 0.15) is 81.3 Å². The van der Waals surface area contributed by atoms with Crippen molar-refractivity contribution in [2.45, 2.75) is 87.9 Å². The van der Waals surface area contributed by atoms with Gasteiger partial charge in [-0.05, 0) is 91.7 Å². The minimum atomic E-state index is -4.91. The molecule has 4 aliphatic rings. The number of carbonyl (C=O) groups is 5. The molecule has 78 heavy (non-hydrogen) atoms. The summed E-state index contributed by atoms with van der Waals surface area (Å²) in [6, 6.07) is 13.6. The van der Waals surface area contributed by atoms with Crippen molar-refractivity contribution in [2.24, 2.45) is 0 Å². The van der Waals surface area contributed by atoms with Crippen LogP contribution in [0.15, 0.2) is 79.0 Å². The Kier molecular flexibility index (Phi) is 15.1. The monoisotopic (exact) mass is 1120 g/mol. The maximum absolute atomic E-state index is 14.6. The number of carbonyl (C=O) groups excluding carboxylic acids is 5. The summed E-state index contributed by atoms with van der Waals surface area (Å²) in [4.78, 5) is 71.8. The first-order valence-corrected chi connectivity index (χ1v) is 25.1. The van der Waals surface area contributed by atoms with Crippen molar-refractivity contribution in [2.75, 3.05) is 31.6 Å². The number of hydrogen-bond donors (Lipinski definition) is 4. The molecule has 6 atom stereocenters. The van der Waals surface area contributed by atoms with Crippen molar-refractivity contribution in [1.29, 1.82) is 0 Å². The van der Waals surface area contributed by atoms with Crippen LogP contribution < -0.4 is 15.4 Å². The molecule has 10 rings (SSSR count). The van der Waals surface area contributed by atoms with E-state index in [1.165, 1.54) is 22.9 Å². The van der Waals surface area contributed by atoms with Crippen molar-refractivity contribution in [1.82, 2.24) is 44.9 Å². The lowest BCUT2D eigenvalue weighted by atomic mass is 9.91. The second kappa shape index (κ2) is 21.8. The number of hydrogen-bond acceptors (Lipinski definition) is 14. The zero-order valence-corrected chi connectivity index (χ0v) is 42.3. The maximum atomic E-state index is 14.6. The summed E-state index contributed by atoms with van der Waals surface area (Å²) >= 11 is 11.9. The van der Waals surface area contributed by atoms with E-state index in [2.05, 4.69) is 31.0 Å². The van der Waals surface area contributed by atoms with Gasteiger partial charge in [-0.1, -0.05) is 28.4 Å². The van der Waals surface area contributed by atoms with Crippen LogP contribution in [0.25, 0.3) is 16.9 Å². The minimum Gasteiger partial charge on any atom is -0.490 e. The number of fused-ring (bicyclic) bond motifs is 1. The molecule has 6 heterocycles. The SMILES string of the molecule is Cc1nc([C@@H]2O[C@H](CO)[C@H](O)[C@H](n3cc(-c4cc(F)c(Cl)c(F)c4)nn3)[C@H]2OCC(=O)N2CCC(Oc3ccc(C(=O)Nc4ccc5c(c4)CN(C4CCC(=O)NC4=O)C5=O)cc3)CC2)n(-c2cc(Cl)ccc2C(F)(F)F)n1. The summed E-state index contributed by atoms with van der Waals surface area (Å²) in [6.45, 7) is 0.385. The maximum Gasteiger partial charge on any atom is 0.418 e. The zero-order chi connectivity index (χ0) is 55.3. The molecule has 20 nitrogen and oxygen atoms in total. The van der Waals surface area contributed by atoms with Gasteiger partial charge in [-0.15, -0.1) is 5.10 Å². The number of nitrogens with zero attached hydrogens (tertiary/aromatic N) is 8. The molecule has 0 spiro atoms. The van der Waals surface area contributed by atoms with E-state index < -0.39 is 102 Å². The molecule has 27 heteroatoms. The first-order chi connectivity index (χ1) is 37.2. The Bertz CT molecular complexity index is 3310. The summed E-state index contributed by atoms with van der Waals surface area (Å²) in [6.07, 6.45) is -9.39. The van der Waals surface area contributed by atoms with Gasteiger partial charge < -0.3 is 39.5 Å².